The second-order valence-electron chi connectivity index (χ2n) is 7.35. The van der Waals surface area contributed by atoms with Crippen LogP contribution in [-0.4, -0.2) is 16.0 Å². The van der Waals surface area contributed by atoms with E-state index in [4.69, 9.17) is 9.26 Å². The highest BCUT2D eigenvalue weighted by Gasteiger charge is 2.20. The van der Waals surface area contributed by atoms with Gasteiger partial charge < -0.3 is 14.6 Å². The van der Waals surface area contributed by atoms with Crippen molar-refractivity contribution in [2.24, 2.45) is 0 Å². The molecule has 4 rings (SSSR count). The molecule has 0 spiro atoms. The molecule has 6 heteroatoms. The number of hydrogen-bond donors (Lipinski definition) is 1. The zero-order chi connectivity index (χ0) is 21.6. The lowest BCUT2D eigenvalue weighted by molar-refractivity contribution is 0.101. The number of pyridine rings is 1. The van der Waals surface area contributed by atoms with Gasteiger partial charge in [-0.15, -0.1) is 0 Å². The largest absolute Gasteiger partial charge is 0.489 e. The van der Waals surface area contributed by atoms with Gasteiger partial charge >= 0.3 is 0 Å². The van der Waals surface area contributed by atoms with E-state index in [1.54, 1.807) is 19.3 Å². The van der Waals surface area contributed by atoms with E-state index in [1.807, 2.05) is 67.6 Å². The molecule has 0 radical (unpaired) electrons. The number of carbonyl (C=O) groups excluding carboxylic acids is 1. The molecule has 4 aromatic rings. The number of nitrogens with one attached hydrogen (secondary N) is 1. The predicted octanol–water partition coefficient (Wildman–Crippen LogP) is 5.11. The van der Waals surface area contributed by atoms with E-state index in [-0.39, 0.29) is 18.2 Å². The Morgan fingerprint density at radius 2 is 1.61 bits per heavy atom. The fraction of sp³-hybridized carbons (Fsp3) is 0.160. The first-order valence-corrected chi connectivity index (χ1v) is 10.0. The fourth-order valence-electron chi connectivity index (χ4n) is 3.16. The van der Waals surface area contributed by atoms with Crippen molar-refractivity contribution in [1.82, 2.24) is 10.1 Å². The zero-order valence-electron chi connectivity index (χ0n) is 17.5. The first-order valence-electron chi connectivity index (χ1n) is 10.0. The third-order valence-corrected chi connectivity index (χ3v) is 4.97. The minimum atomic E-state index is -0.332. The molecule has 0 unspecified atom stereocenters. The molecule has 0 aliphatic carbocycles. The molecule has 0 atom stereocenters. The molecule has 0 fully saturated rings. The van der Waals surface area contributed by atoms with Crippen LogP contribution in [0.3, 0.4) is 0 Å². The topological polar surface area (TPSA) is 77.2 Å². The van der Waals surface area contributed by atoms with Crippen LogP contribution in [0.2, 0.25) is 0 Å². The number of aryl methyl sites for hydroxylation is 2. The van der Waals surface area contributed by atoms with Crippen molar-refractivity contribution in [3.05, 3.63) is 107 Å². The molecule has 0 aliphatic heterocycles. The molecular weight excluding hydrogens is 390 g/mol. The lowest BCUT2D eigenvalue weighted by atomic mass is 10.1. The molecule has 0 bridgehead atoms. The summed E-state index contributed by atoms with van der Waals surface area (Å²) in [7, 11) is 0. The quantitative estimate of drug-likeness (QED) is 0.456. The van der Waals surface area contributed by atoms with E-state index in [0.717, 1.165) is 23.3 Å². The van der Waals surface area contributed by atoms with Gasteiger partial charge in [0, 0.05) is 18.1 Å². The second kappa shape index (κ2) is 9.26. The van der Waals surface area contributed by atoms with Gasteiger partial charge in [0.25, 0.3) is 5.91 Å². The second-order valence-corrected chi connectivity index (χ2v) is 7.35. The Hall–Kier alpha value is -3.93. The minimum Gasteiger partial charge on any atom is -0.489 e. The Labute approximate surface area is 180 Å². The first kappa shape index (κ1) is 20.3. The summed E-state index contributed by atoms with van der Waals surface area (Å²) in [5.74, 6) is 0.952. The number of hydrogen-bond acceptors (Lipinski definition) is 5. The third kappa shape index (κ3) is 5.17. The summed E-state index contributed by atoms with van der Waals surface area (Å²) in [4.78, 5) is 16.8. The summed E-state index contributed by atoms with van der Waals surface area (Å²) in [5.41, 5.74) is 5.03. The van der Waals surface area contributed by atoms with Gasteiger partial charge in [-0.3, -0.25) is 9.78 Å². The molecule has 156 valence electrons. The maximum atomic E-state index is 12.8. The van der Waals surface area contributed by atoms with Crippen LogP contribution in [0.15, 0.2) is 77.6 Å². The van der Waals surface area contributed by atoms with E-state index in [9.17, 15) is 4.79 Å². The van der Waals surface area contributed by atoms with Crippen molar-refractivity contribution < 1.29 is 14.1 Å². The van der Waals surface area contributed by atoms with E-state index in [0.29, 0.717) is 17.0 Å². The zero-order valence-corrected chi connectivity index (χ0v) is 17.5. The van der Waals surface area contributed by atoms with Crippen molar-refractivity contribution in [1.29, 1.82) is 0 Å². The van der Waals surface area contributed by atoms with Crippen LogP contribution in [0.5, 0.6) is 5.75 Å². The van der Waals surface area contributed by atoms with E-state index < -0.39 is 0 Å². The standard InChI is InChI=1S/C25H23N3O3/c1-17-3-9-22(10-4-17)30-16-23-18(2)31-28-24(23)25(29)27-21-7-5-19(6-8-21)15-20-11-13-26-14-12-20/h3-14H,15-16H2,1-2H3,(H,27,29). The van der Waals surface area contributed by atoms with E-state index in [2.05, 4.69) is 15.5 Å². The molecule has 2 heterocycles. The van der Waals surface area contributed by atoms with Gasteiger partial charge in [-0.05, 0) is 67.8 Å². The molecule has 1 N–H and O–H groups in total. The summed E-state index contributed by atoms with van der Waals surface area (Å²) < 4.78 is 11.1. The van der Waals surface area contributed by atoms with Gasteiger partial charge in [0.2, 0.25) is 0 Å². The van der Waals surface area contributed by atoms with Gasteiger partial charge in [0.1, 0.15) is 18.1 Å². The molecule has 0 aliphatic rings. The van der Waals surface area contributed by atoms with Crippen molar-refractivity contribution in [2.75, 3.05) is 5.32 Å². The van der Waals surface area contributed by atoms with Gasteiger partial charge in [0.15, 0.2) is 5.69 Å². The Bertz CT molecular complexity index is 1150. The van der Waals surface area contributed by atoms with Crippen LogP contribution < -0.4 is 10.1 Å². The number of anilines is 1. The molecule has 2 aromatic carbocycles. The number of benzene rings is 2. The smallest absolute Gasteiger partial charge is 0.278 e. The van der Waals surface area contributed by atoms with Crippen molar-refractivity contribution in [2.45, 2.75) is 26.9 Å². The molecule has 1 amide bonds. The Balaban J connectivity index is 1.41. The molecule has 0 saturated heterocycles. The number of aromatic nitrogens is 2. The third-order valence-electron chi connectivity index (χ3n) is 4.97. The molecular formula is C25H23N3O3. The molecule has 2 aromatic heterocycles. The number of rotatable bonds is 7. The van der Waals surface area contributed by atoms with Crippen molar-refractivity contribution in [3.63, 3.8) is 0 Å². The number of nitrogens with zero attached hydrogens (tertiary/aromatic N) is 2. The average Bonchev–Trinajstić information content (AvgIpc) is 3.16. The lowest BCUT2D eigenvalue weighted by Crippen LogP contribution is -2.15. The van der Waals surface area contributed by atoms with Crippen molar-refractivity contribution in [3.8, 4) is 5.75 Å². The van der Waals surface area contributed by atoms with E-state index >= 15 is 0 Å². The summed E-state index contributed by atoms with van der Waals surface area (Å²) >= 11 is 0. The van der Waals surface area contributed by atoms with Gasteiger partial charge in [-0.25, -0.2) is 0 Å². The summed E-state index contributed by atoms with van der Waals surface area (Å²) in [5, 5.41) is 6.82. The van der Waals surface area contributed by atoms with E-state index in [1.165, 1.54) is 5.56 Å². The van der Waals surface area contributed by atoms with Gasteiger partial charge in [-0.1, -0.05) is 35.0 Å². The highest BCUT2D eigenvalue weighted by atomic mass is 16.5. The van der Waals surface area contributed by atoms with Crippen LogP contribution in [-0.2, 0) is 13.0 Å². The summed E-state index contributed by atoms with van der Waals surface area (Å²) in [6, 6.07) is 19.5. The highest BCUT2D eigenvalue weighted by molar-refractivity contribution is 6.03. The normalized spacial score (nSPS) is 10.6. The number of amides is 1. The van der Waals surface area contributed by atoms with Gasteiger partial charge in [0.05, 0.1) is 5.56 Å². The Kier molecular flexibility index (Phi) is 6.08. The summed E-state index contributed by atoms with van der Waals surface area (Å²) in [6.45, 7) is 3.99. The minimum absolute atomic E-state index is 0.200. The first-order chi connectivity index (χ1) is 15.1. The maximum absolute atomic E-state index is 12.8. The maximum Gasteiger partial charge on any atom is 0.278 e. The van der Waals surface area contributed by atoms with Crippen LogP contribution in [0, 0.1) is 13.8 Å². The van der Waals surface area contributed by atoms with Crippen LogP contribution >= 0.6 is 0 Å². The monoisotopic (exact) mass is 413 g/mol. The summed E-state index contributed by atoms with van der Waals surface area (Å²) in [6.07, 6.45) is 4.37. The lowest BCUT2D eigenvalue weighted by Gasteiger charge is -2.08. The highest BCUT2D eigenvalue weighted by Crippen LogP contribution is 2.20. The number of carbonyl (C=O) groups is 1. The van der Waals surface area contributed by atoms with Crippen molar-refractivity contribution >= 4 is 11.6 Å². The predicted molar refractivity (Wildman–Crippen MR) is 118 cm³/mol. The SMILES string of the molecule is Cc1ccc(OCc2c(C(=O)Nc3ccc(Cc4ccncc4)cc3)noc2C)cc1. The van der Waals surface area contributed by atoms with Crippen LogP contribution in [0.25, 0.3) is 0 Å². The Morgan fingerprint density at radius 1 is 0.935 bits per heavy atom. The molecule has 6 nitrogen and oxygen atoms in total. The molecule has 0 saturated carbocycles. The van der Waals surface area contributed by atoms with Crippen LogP contribution in [0.4, 0.5) is 5.69 Å². The Morgan fingerprint density at radius 3 is 2.32 bits per heavy atom. The number of ether oxygens (including phenoxy) is 1. The molecule has 31 heavy (non-hydrogen) atoms. The van der Waals surface area contributed by atoms with Gasteiger partial charge in [-0.2, -0.15) is 0 Å². The average molecular weight is 413 g/mol. The fourth-order valence-corrected chi connectivity index (χ4v) is 3.16. The van der Waals surface area contributed by atoms with Crippen LogP contribution in [0.1, 0.15) is 38.5 Å².